The fourth-order valence-corrected chi connectivity index (χ4v) is 2.93. The molecule has 0 N–H and O–H groups in total. The smallest absolute Gasteiger partial charge is 0.256 e. The molecule has 0 spiro atoms. The van der Waals surface area contributed by atoms with Gasteiger partial charge in [0, 0.05) is 16.1 Å². The van der Waals surface area contributed by atoms with Gasteiger partial charge in [-0.05, 0) is 23.6 Å². The molecule has 2 nitrogen and oxygen atoms in total. The van der Waals surface area contributed by atoms with Gasteiger partial charge in [-0.1, -0.05) is 30.8 Å². The maximum absolute atomic E-state index is 11.9. The molecular formula is C14H11NOS. The number of nitrogens with zero attached hydrogens (tertiary/aromatic N) is 1. The first-order chi connectivity index (χ1) is 8.29. The Morgan fingerprint density at radius 2 is 1.88 bits per heavy atom. The van der Waals surface area contributed by atoms with Crippen LogP contribution in [0.3, 0.4) is 0 Å². The summed E-state index contributed by atoms with van der Waals surface area (Å²) >= 11 is 1.66. The highest BCUT2D eigenvalue weighted by Crippen LogP contribution is 2.43. The number of hydrogen-bond acceptors (Lipinski definition) is 2. The van der Waals surface area contributed by atoms with Crippen molar-refractivity contribution in [1.82, 2.24) is 0 Å². The lowest BCUT2D eigenvalue weighted by atomic mass is 9.93. The van der Waals surface area contributed by atoms with Crippen LogP contribution < -0.4 is 4.90 Å². The molecule has 84 valence electrons. The minimum atomic E-state index is 0.0184. The van der Waals surface area contributed by atoms with Crippen molar-refractivity contribution < 1.29 is 4.79 Å². The van der Waals surface area contributed by atoms with E-state index in [4.69, 9.17) is 0 Å². The van der Waals surface area contributed by atoms with Gasteiger partial charge in [-0.2, -0.15) is 0 Å². The third-order valence-electron chi connectivity index (χ3n) is 2.93. The Morgan fingerprint density at radius 1 is 1.12 bits per heavy atom. The van der Waals surface area contributed by atoms with Gasteiger partial charge in [-0.15, -0.1) is 11.3 Å². The monoisotopic (exact) mass is 241 g/mol. The predicted octanol–water partition coefficient (Wildman–Crippen LogP) is 3.39. The third kappa shape index (κ3) is 1.51. The summed E-state index contributed by atoms with van der Waals surface area (Å²) in [6.45, 7) is 3.87. The molecule has 3 heteroatoms. The minimum absolute atomic E-state index is 0.0184. The normalized spacial score (nSPS) is 19.3. The summed E-state index contributed by atoms with van der Waals surface area (Å²) < 4.78 is 0. The Morgan fingerprint density at radius 3 is 2.53 bits per heavy atom. The van der Waals surface area contributed by atoms with Crippen molar-refractivity contribution in [2.45, 2.75) is 6.04 Å². The first-order valence-electron chi connectivity index (χ1n) is 5.40. The van der Waals surface area contributed by atoms with E-state index in [-0.39, 0.29) is 11.9 Å². The van der Waals surface area contributed by atoms with Crippen LogP contribution in [0.15, 0.2) is 60.0 Å². The molecule has 1 aliphatic rings. The molecule has 0 radical (unpaired) electrons. The van der Waals surface area contributed by atoms with Crippen LogP contribution >= 0.6 is 11.3 Å². The van der Waals surface area contributed by atoms with Crippen LogP contribution in [0.5, 0.6) is 0 Å². The molecule has 1 atom stereocenters. The highest BCUT2D eigenvalue weighted by atomic mass is 32.1. The van der Waals surface area contributed by atoms with Crippen molar-refractivity contribution in [3.8, 4) is 0 Å². The van der Waals surface area contributed by atoms with Crippen molar-refractivity contribution in [1.29, 1.82) is 0 Å². The fraction of sp³-hybridized carbons (Fsp3) is 0.0714. The molecule has 3 rings (SSSR count). The standard InChI is InChI=1S/C14H11NOS/c1-10-13(12-8-5-9-17-12)15(14(10)16)11-6-3-2-4-7-11/h2-9,13H,1H2/t13-/m0/s1. The number of carbonyl (C=O) groups excluding carboxylic acids is 1. The second kappa shape index (κ2) is 3.86. The van der Waals surface area contributed by atoms with E-state index >= 15 is 0 Å². The van der Waals surface area contributed by atoms with Gasteiger partial charge >= 0.3 is 0 Å². The molecule has 2 heterocycles. The van der Waals surface area contributed by atoms with Crippen molar-refractivity contribution in [2.75, 3.05) is 4.90 Å². The lowest BCUT2D eigenvalue weighted by Gasteiger charge is -2.41. The topological polar surface area (TPSA) is 20.3 Å². The SMILES string of the molecule is C=C1C(=O)N(c2ccccc2)[C@@H]1c1cccs1. The zero-order valence-electron chi connectivity index (χ0n) is 9.17. The van der Waals surface area contributed by atoms with Crippen LogP contribution in [-0.4, -0.2) is 5.91 Å². The Balaban J connectivity index is 1.99. The molecule has 1 amide bonds. The van der Waals surface area contributed by atoms with E-state index in [2.05, 4.69) is 6.58 Å². The van der Waals surface area contributed by atoms with Crippen molar-refractivity contribution >= 4 is 22.9 Å². The fourth-order valence-electron chi connectivity index (χ4n) is 2.08. The van der Waals surface area contributed by atoms with E-state index in [1.807, 2.05) is 47.8 Å². The molecule has 0 unspecified atom stereocenters. The molecule has 1 aliphatic heterocycles. The van der Waals surface area contributed by atoms with Gasteiger partial charge in [0.25, 0.3) is 5.91 Å². The molecule has 1 aromatic carbocycles. The predicted molar refractivity (Wildman–Crippen MR) is 70.1 cm³/mol. The third-order valence-corrected chi connectivity index (χ3v) is 3.85. The van der Waals surface area contributed by atoms with Crippen LogP contribution in [0.2, 0.25) is 0 Å². The zero-order chi connectivity index (χ0) is 11.8. The molecular weight excluding hydrogens is 230 g/mol. The van der Waals surface area contributed by atoms with E-state index in [0.717, 1.165) is 5.69 Å². The Hall–Kier alpha value is -1.87. The summed E-state index contributed by atoms with van der Waals surface area (Å²) in [4.78, 5) is 14.9. The zero-order valence-corrected chi connectivity index (χ0v) is 9.98. The second-order valence-corrected chi connectivity index (χ2v) is 4.93. The van der Waals surface area contributed by atoms with Crippen LogP contribution in [0, 0.1) is 0 Å². The van der Waals surface area contributed by atoms with Gasteiger partial charge in [0.1, 0.15) is 6.04 Å². The summed E-state index contributed by atoms with van der Waals surface area (Å²) in [5.41, 5.74) is 1.61. The van der Waals surface area contributed by atoms with Gasteiger partial charge < -0.3 is 0 Å². The summed E-state index contributed by atoms with van der Waals surface area (Å²) in [5.74, 6) is 0.0228. The highest BCUT2D eigenvalue weighted by molar-refractivity contribution is 7.10. The number of hydrogen-bond donors (Lipinski definition) is 0. The molecule has 17 heavy (non-hydrogen) atoms. The average molecular weight is 241 g/mol. The maximum atomic E-state index is 11.9. The first kappa shape index (κ1) is 10.3. The summed E-state index contributed by atoms with van der Waals surface area (Å²) in [5, 5.41) is 2.02. The highest BCUT2D eigenvalue weighted by Gasteiger charge is 2.42. The molecule has 1 aromatic heterocycles. The number of carbonyl (C=O) groups is 1. The number of anilines is 1. The summed E-state index contributed by atoms with van der Waals surface area (Å²) in [6.07, 6.45) is 0. The van der Waals surface area contributed by atoms with Crippen molar-refractivity contribution in [2.24, 2.45) is 0 Å². The number of rotatable bonds is 2. The quantitative estimate of drug-likeness (QED) is 0.583. The Kier molecular flexibility index (Phi) is 2.34. The van der Waals surface area contributed by atoms with Gasteiger partial charge in [0.15, 0.2) is 0 Å². The van der Waals surface area contributed by atoms with Crippen LogP contribution in [-0.2, 0) is 4.79 Å². The second-order valence-electron chi connectivity index (χ2n) is 3.95. The first-order valence-corrected chi connectivity index (χ1v) is 6.28. The number of thiophene rings is 1. The van der Waals surface area contributed by atoms with Gasteiger partial charge in [0.05, 0.1) is 0 Å². The van der Waals surface area contributed by atoms with E-state index in [1.165, 1.54) is 4.88 Å². The van der Waals surface area contributed by atoms with E-state index in [1.54, 1.807) is 16.2 Å². The summed E-state index contributed by atoms with van der Waals surface area (Å²) in [7, 11) is 0. The van der Waals surface area contributed by atoms with Crippen molar-refractivity contribution in [3.05, 3.63) is 64.9 Å². The number of amides is 1. The largest absolute Gasteiger partial charge is 0.296 e. The Bertz CT molecular complexity index is 559. The van der Waals surface area contributed by atoms with Gasteiger partial charge in [0.2, 0.25) is 0 Å². The number of para-hydroxylation sites is 1. The van der Waals surface area contributed by atoms with Crippen molar-refractivity contribution in [3.63, 3.8) is 0 Å². The molecule has 1 fully saturated rings. The van der Waals surface area contributed by atoms with Gasteiger partial charge in [-0.3, -0.25) is 9.69 Å². The molecule has 0 bridgehead atoms. The lowest BCUT2D eigenvalue weighted by molar-refractivity contribution is -0.118. The van der Waals surface area contributed by atoms with Crippen LogP contribution in [0.25, 0.3) is 0 Å². The van der Waals surface area contributed by atoms with E-state index in [9.17, 15) is 4.79 Å². The minimum Gasteiger partial charge on any atom is -0.296 e. The molecule has 2 aromatic rings. The van der Waals surface area contributed by atoms with E-state index < -0.39 is 0 Å². The summed E-state index contributed by atoms with van der Waals surface area (Å²) in [6, 6.07) is 13.8. The molecule has 0 aliphatic carbocycles. The Labute approximate surface area is 104 Å². The van der Waals surface area contributed by atoms with Crippen LogP contribution in [0.4, 0.5) is 5.69 Å². The average Bonchev–Trinajstić information content (AvgIpc) is 2.88. The molecule has 0 saturated carbocycles. The maximum Gasteiger partial charge on any atom is 0.256 e. The number of β-lactam (4-membered cyclic amide) rings is 1. The number of benzene rings is 1. The molecule has 1 saturated heterocycles. The lowest BCUT2D eigenvalue weighted by Crippen LogP contribution is -2.48. The van der Waals surface area contributed by atoms with E-state index in [0.29, 0.717) is 5.57 Å². The van der Waals surface area contributed by atoms with Crippen LogP contribution in [0.1, 0.15) is 10.9 Å². The van der Waals surface area contributed by atoms with Gasteiger partial charge in [-0.25, -0.2) is 0 Å².